The van der Waals surface area contributed by atoms with Crippen LogP contribution in [-0.2, 0) is 4.74 Å². The molecule has 7 nitrogen and oxygen atoms in total. The Morgan fingerprint density at radius 2 is 1.93 bits per heavy atom. The van der Waals surface area contributed by atoms with Crippen LogP contribution in [0.2, 0.25) is 0 Å². The molecule has 1 heterocycles. The minimum absolute atomic E-state index is 0.0232. The van der Waals surface area contributed by atoms with Crippen LogP contribution in [0.15, 0.2) is 46.9 Å². The molecule has 0 aliphatic rings. The molecule has 1 amide bonds. The summed E-state index contributed by atoms with van der Waals surface area (Å²) in [5.74, 6) is 0.383. The van der Waals surface area contributed by atoms with E-state index in [4.69, 9.17) is 9.47 Å². The first-order valence-corrected chi connectivity index (χ1v) is 9.08. The Balaban J connectivity index is 1.97. The molecule has 3 aromatic rings. The van der Waals surface area contributed by atoms with Crippen molar-refractivity contribution in [1.82, 2.24) is 9.55 Å². The van der Waals surface area contributed by atoms with Crippen molar-refractivity contribution in [2.45, 2.75) is 26.9 Å². The number of para-hydroxylation sites is 2. The Bertz CT molecular complexity index is 1010. The summed E-state index contributed by atoms with van der Waals surface area (Å²) in [5.41, 5.74) is 2.07. The largest absolute Gasteiger partial charge is 0.447 e. The third-order valence-corrected chi connectivity index (χ3v) is 4.20. The molecule has 0 saturated carbocycles. The molecular weight excluding hydrogens is 414 g/mol. The highest BCUT2D eigenvalue weighted by Gasteiger charge is 2.21. The van der Waals surface area contributed by atoms with Crippen molar-refractivity contribution >= 4 is 45.1 Å². The fourth-order valence-corrected chi connectivity index (χ4v) is 3.03. The molecule has 0 aliphatic heterocycles. The SMILES string of the molecule is Cc1ccc(OC(=O)n2c(NC(=O)OC(C)C)nc3ccccc32)c(Br)c1. The lowest BCUT2D eigenvalue weighted by atomic mass is 10.2. The van der Waals surface area contributed by atoms with E-state index in [1.165, 1.54) is 4.57 Å². The number of fused-ring (bicyclic) bond motifs is 1. The molecule has 140 valence electrons. The van der Waals surface area contributed by atoms with Gasteiger partial charge in [-0.05, 0) is 66.5 Å². The van der Waals surface area contributed by atoms with Gasteiger partial charge in [0.05, 0.1) is 21.6 Å². The van der Waals surface area contributed by atoms with Crippen molar-refractivity contribution < 1.29 is 19.1 Å². The number of rotatable bonds is 3. The second kappa shape index (κ2) is 7.79. The van der Waals surface area contributed by atoms with Crippen molar-refractivity contribution in [1.29, 1.82) is 0 Å². The second-order valence-electron chi connectivity index (χ2n) is 6.14. The Morgan fingerprint density at radius 3 is 2.63 bits per heavy atom. The molecule has 0 spiro atoms. The zero-order valence-corrected chi connectivity index (χ0v) is 16.6. The molecule has 27 heavy (non-hydrogen) atoms. The van der Waals surface area contributed by atoms with Gasteiger partial charge in [-0.2, -0.15) is 0 Å². The summed E-state index contributed by atoms with van der Waals surface area (Å²) < 4.78 is 12.4. The van der Waals surface area contributed by atoms with Gasteiger partial charge in [-0.3, -0.25) is 5.32 Å². The van der Waals surface area contributed by atoms with Crippen LogP contribution in [0.25, 0.3) is 11.0 Å². The summed E-state index contributed by atoms with van der Waals surface area (Å²) in [6.45, 7) is 5.39. The monoisotopic (exact) mass is 431 g/mol. The van der Waals surface area contributed by atoms with Gasteiger partial charge in [0.15, 0.2) is 0 Å². The number of hydrogen-bond donors (Lipinski definition) is 1. The summed E-state index contributed by atoms with van der Waals surface area (Å²) in [6.07, 6.45) is -1.71. The smallest absolute Gasteiger partial charge is 0.426 e. The lowest BCUT2D eigenvalue weighted by Crippen LogP contribution is -2.24. The number of carbonyl (C=O) groups excluding carboxylic acids is 2. The molecule has 0 radical (unpaired) electrons. The minimum Gasteiger partial charge on any atom is -0.447 e. The highest BCUT2D eigenvalue weighted by molar-refractivity contribution is 9.10. The molecule has 1 aromatic heterocycles. The van der Waals surface area contributed by atoms with E-state index in [1.54, 1.807) is 44.2 Å². The van der Waals surface area contributed by atoms with Gasteiger partial charge in [-0.25, -0.2) is 19.1 Å². The fourth-order valence-electron chi connectivity index (χ4n) is 2.46. The van der Waals surface area contributed by atoms with E-state index in [0.29, 0.717) is 21.3 Å². The third-order valence-electron chi connectivity index (χ3n) is 3.58. The summed E-state index contributed by atoms with van der Waals surface area (Å²) >= 11 is 3.38. The van der Waals surface area contributed by atoms with Crippen molar-refractivity contribution in [3.05, 3.63) is 52.5 Å². The Hall–Kier alpha value is -2.87. The van der Waals surface area contributed by atoms with Crippen LogP contribution in [0.1, 0.15) is 19.4 Å². The maximum absolute atomic E-state index is 12.8. The number of anilines is 1. The lowest BCUT2D eigenvalue weighted by molar-refractivity contribution is 0.129. The molecule has 0 unspecified atom stereocenters. The number of aromatic nitrogens is 2. The van der Waals surface area contributed by atoms with E-state index >= 15 is 0 Å². The highest BCUT2D eigenvalue weighted by atomic mass is 79.9. The van der Waals surface area contributed by atoms with Crippen LogP contribution in [-0.4, -0.2) is 27.8 Å². The van der Waals surface area contributed by atoms with Crippen LogP contribution in [0, 0.1) is 6.92 Å². The number of carbonyl (C=O) groups is 2. The van der Waals surface area contributed by atoms with Crippen molar-refractivity contribution in [3.63, 3.8) is 0 Å². The Kier molecular flexibility index (Phi) is 5.46. The molecule has 2 aromatic carbocycles. The minimum atomic E-state index is -0.703. The van der Waals surface area contributed by atoms with Crippen LogP contribution in [0.4, 0.5) is 15.5 Å². The molecule has 0 bridgehead atoms. The number of nitrogens with one attached hydrogen (secondary N) is 1. The number of aryl methyl sites for hydroxylation is 1. The van der Waals surface area contributed by atoms with Gasteiger partial charge in [-0.15, -0.1) is 0 Å². The number of ether oxygens (including phenoxy) is 2. The van der Waals surface area contributed by atoms with Crippen LogP contribution < -0.4 is 10.1 Å². The fraction of sp³-hybridized carbons (Fsp3) is 0.211. The zero-order chi connectivity index (χ0) is 19.6. The van der Waals surface area contributed by atoms with Crippen LogP contribution >= 0.6 is 15.9 Å². The maximum atomic E-state index is 12.8. The van der Waals surface area contributed by atoms with Crippen molar-refractivity contribution in [3.8, 4) is 5.75 Å². The van der Waals surface area contributed by atoms with E-state index in [9.17, 15) is 9.59 Å². The molecule has 0 aliphatic carbocycles. The summed E-state index contributed by atoms with van der Waals surface area (Å²) in [7, 11) is 0. The first-order valence-electron chi connectivity index (χ1n) is 8.28. The van der Waals surface area contributed by atoms with Gasteiger partial charge in [0, 0.05) is 0 Å². The number of benzene rings is 2. The van der Waals surface area contributed by atoms with E-state index in [1.807, 2.05) is 19.1 Å². The zero-order valence-electron chi connectivity index (χ0n) is 15.0. The summed E-state index contributed by atoms with van der Waals surface area (Å²) in [5, 5.41) is 2.50. The van der Waals surface area contributed by atoms with Crippen molar-refractivity contribution in [2.24, 2.45) is 0 Å². The molecule has 3 rings (SSSR count). The van der Waals surface area contributed by atoms with Gasteiger partial charge in [-0.1, -0.05) is 18.2 Å². The normalized spacial score (nSPS) is 10.9. The molecule has 1 N–H and O–H groups in total. The Morgan fingerprint density at radius 1 is 1.19 bits per heavy atom. The average Bonchev–Trinajstić information content (AvgIpc) is 2.94. The average molecular weight is 432 g/mol. The lowest BCUT2D eigenvalue weighted by Gasteiger charge is -2.12. The van der Waals surface area contributed by atoms with Gasteiger partial charge >= 0.3 is 12.2 Å². The summed E-state index contributed by atoms with van der Waals surface area (Å²) in [4.78, 5) is 29.1. The van der Waals surface area contributed by atoms with E-state index in [2.05, 4.69) is 26.2 Å². The summed E-state index contributed by atoms with van der Waals surface area (Å²) in [6, 6.07) is 12.4. The van der Waals surface area contributed by atoms with Gasteiger partial charge < -0.3 is 9.47 Å². The maximum Gasteiger partial charge on any atom is 0.426 e. The topological polar surface area (TPSA) is 82.5 Å². The highest BCUT2D eigenvalue weighted by Crippen LogP contribution is 2.27. The number of imidazole rings is 1. The number of amides is 1. The third kappa shape index (κ3) is 4.28. The predicted octanol–water partition coefficient (Wildman–Crippen LogP) is 5.11. The van der Waals surface area contributed by atoms with E-state index < -0.39 is 12.2 Å². The predicted molar refractivity (Wildman–Crippen MR) is 105 cm³/mol. The second-order valence-corrected chi connectivity index (χ2v) is 6.99. The molecule has 8 heteroatoms. The standard InChI is InChI=1S/C19H18BrN3O4/c1-11(2)26-18(24)22-17-21-14-6-4-5-7-15(14)23(17)19(25)27-16-9-8-12(3)10-13(16)20/h4-11H,1-3H3,(H,21,22,24). The first-order chi connectivity index (χ1) is 12.8. The number of nitrogens with zero attached hydrogens (tertiary/aromatic N) is 2. The number of halogens is 1. The van der Waals surface area contributed by atoms with Crippen LogP contribution in [0.5, 0.6) is 5.75 Å². The van der Waals surface area contributed by atoms with E-state index in [0.717, 1.165) is 5.56 Å². The Labute approximate surface area is 164 Å². The molecule has 0 saturated heterocycles. The van der Waals surface area contributed by atoms with E-state index in [-0.39, 0.29) is 12.1 Å². The first kappa shape index (κ1) is 18.9. The molecule has 0 fully saturated rings. The van der Waals surface area contributed by atoms with Gasteiger partial charge in [0.1, 0.15) is 5.75 Å². The van der Waals surface area contributed by atoms with Gasteiger partial charge in [0.2, 0.25) is 5.95 Å². The van der Waals surface area contributed by atoms with Crippen LogP contribution in [0.3, 0.4) is 0 Å². The van der Waals surface area contributed by atoms with Gasteiger partial charge in [0.25, 0.3) is 0 Å². The van der Waals surface area contributed by atoms with Crippen molar-refractivity contribution in [2.75, 3.05) is 5.32 Å². The molecular formula is C19H18BrN3O4. The quantitative estimate of drug-likeness (QED) is 0.622. The molecule has 0 atom stereocenters. The number of hydrogen-bond acceptors (Lipinski definition) is 5.